The number of carbonyl (C=O) groups excluding carboxylic acids is 1. The van der Waals surface area contributed by atoms with E-state index in [9.17, 15) is 9.59 Å². The number of hydrogen-bond donors (Lipinski definition) is 1. The zero-order valence-electron chi connectivity index (χ0n) is 15.9. The third-order valence-corrected chi connectivity index (χ3v) is 5.43. The van der Waals surface area contributed by atoms with Crippen LogP contribution in [-0.4, -0.2) is 65.9 Å². The van der Waals surface area contributed by atoms with E-state index >= 15 is 0 Å². The van der Waals surface area contributed by atoms with E-state index in [2.05, 4.69) is 17.2 Å². The summed E-state index contributed by atoms with van der Waals surface area (Å²) in [6.45, 7) is 4.33. The summed E-state index contributed by atoms with van der Waals surface area (Å²) in [6, 6.07) is 0.275. The summed E-state index contributed by atoms with van der Waals surface area (Å²) in [5.74, 6) is 0.933. The smallest absolute Gasteiger partial charge is 0.317 e. The molecule has 2 fully saturated rings. The van der Waals surface area contributed by atoms with Gasteiger partial charge in [-0.1, -0.05) is 13.3 Å². The van der Waals surface area contributed by atoms with Crippen molar-refractivity contribution >= 4 is 11.8 Å². The van der Waals surface area contributed by atoms with Gasteiger partial charge < -0.3 is 24.4 Å². The van der Waals surface area contributed by atoms with E-state index in [4.69, 9.17) is 4.74 Å². The average Bonchev–Trinajstić information content (AvgIpc) is 3.02. The molecule has 0 spiro atoms. The van der Waals surface area contributed by atoms with Crippen molar-refractivity contribution in [2.75, 3.05) is 38.2 Å². The van der Waals surface area contributed by atoms with E-state index in [1.54, 1.807) is 24.3 Å². The van der Waals surface area contributed by atoms with Crippen LogP contribution in [0.25, 0.3) is 0 Å². The molecule has 0 radical (unpaired) electrons. The molecule has 3 atom stereocenters. The Morgan fingerprint density at radius 3 is 3.00 bits per heavy atom. The van der Waals surface area contributed by atoms with Crippen LogP contribution in [0.3, 0.4) is 0 Å². The molecule has 0 aromatic carbocycles. The van der Waals surface area contributed by atoms with Gasteiger partial charge in [-0.3, -0.25) is 4.79 Å². The highest BCUT2D eigenvalue weighted by Crippen LogP contribution is 2.25. The Morgan fingerprint density at radius 2 is 2.27 bits per heavy atom. The van der Waals surface area contributed by atoms with Crippen LogP contribution in [0.5, 0.6) is 0 Å². The summed E-state index contributed by atoms with van der Waals surface area (Å²) >= 11 is 0. The number of nitrogens with one attached hydrogen (secondary N) is 1. The molecule has 1 aromatic heterocycles. The fraction of sp³-hybridized carbons (Fsp3) is 0.722. The minimum atomic E-state index is -0.146. The van der Waals surface area contributed by atoms with Crippen LogP contribution in [0, 0.1) is 5.92 Å². The number of rotatable bonds is 4. The average molecular weight is 363 g/mol. The number of aromatic nitrogens is 2. The third-order valence-electron chi connectivity index (χ3n) is 5.43. The molecule has 1 saturated carbocycles. The minimum Gasteiger partial charge on any atom is -0.373 e. The second-order valence-electron chi connectivity index (χ2n) is 7.45. The number of hydrogen-bond acceptors (Lipinski definition) is 5. The SMILES string of the molecule is C[C@@H]1CCC[C@@H]1NC(=O)N1CCO[C@H](CN(C)c2nccn(C)c2=O)C1. The Balaban J connectivity index is 1.57. The summed E-state index contributed by atoms with van der Waals surface area (Å²) in [7, 11) is 3.53. The normalized spacial score (nSPS) is 26.0. The first-order valence-electron chi connectivity index (χ1n) is 9.35. The molecule has 1 aliphatic heterocycles. The summed E-state index contributed by atoms with van der Waals surface area (Å²) in [5.41, 5.74) is -0.143. The summed E-state index contributed by atoms with van der Waals surface area (Å²) in [4.78, 5) is 32.6. The molecule has 2 aliphatic rings. The van der Waals surface area contributed by atoms with Crippen LogP contribution < -0.4 is 15.8 Å². The standard InChI is InChI=1S/C18H29N5O3/c1-13-5-4-6-15(13)20-18(25)23-9-10-26-14(12-23)11-22(3)16-17(24)21(2)8-7-19-16/h7-8,13-15H,4-6,9-12H2,1-3H3,(H,20,25)/t13-,14-,15+/m1/s1. The lowest BCUT2D eigenvalue weighted by Crippen LogP contribution is -2.54. The van der Waals surface area contributed by atoms with E-state index in [0.29, 0.717) is 38.0 Å². The van der Waals surface area contributed by atoms with Crippen molar-refractivity contribution in [2.24, 2.45) is 13.0 Å². The molecule has 2 heterocycles. The third kappa shape index (κ3) is 4.17. The van der Waals surface area contributed by atoms with E-state index in [1.807, 2.05) is 11.9 Å². The lowest BCUT2D eigenvalue weighted by molar-refractivity contribution is -0.00962. The number of nitrogens with zero attached hydrogens (tertiary/aromatic N) is 4. The molecular weight excluding hydrogens is 334 g/mol. The monoisotopic (exact) mass is 363 g/mol. The first kappa shape index (κ1) is 18.7. The summed E-state index contributed by atoms with van der Waals surface area (Å²) in [6.07, 6.45) is 6.52. The molecule has 144 valence electrons. The van der Waals surface area contributed by atoms with Crippen LogP contribution in [0.2, 0.25) is 0 Å². The van der Waals surface area contributed by atoms with Crippen molar-refractivity contribution in [1.82, 2.24) is 19.8 Å². The van der Waals surface area contributed by atoms with Crippen molar-refractivity contribution in [2.45, 2.75) is 38.3 Å². The van der Waals surface area contributed by atoms with Crippen LogP contribution in [0.1, 0.15) is 26.2 Å². The predicted octanol–water partition coefficient (Wildman–Crippen LogP) is 0.816. The molecule has 2 amide bonds. The van der Waals surface area contributed by atoms with Crippen molar-refractivity contribution in [3.05, 3.63) is 22.7 Å². The maximum atomic E-state index is 12.6. The van der Waals surface area contributed by atoms with Gasteiger partial charge in [-0.15, -0.1) is 0 Å². The van der Waals surface area contributed by atoms with Crippen molar-refractivity contribution < 1.29 is 9.53 Å². The van der Waals surface area contributed by atoms with Gasteiger partial charge in [0.05, 0.1) is 19.3 Å². The molecule has 8 heteroatoms. The van der Waals surface area contributed by atoms with E-state index in [0.717, 1.165) is 6.42 Å². The van der Waals surface area contributed by atoms with E-state index in [1.165, 1.54) is 17.4 Å². The van der Waals surface area contributed by atoms with E-state index < -0.39 is 0 Å². The van der Waals surface area contributed by atoms with Gasteiger partial charge in [-0.05, 0) is 18.8 Å². The van der Waals surface area contributed by atoms with Gasteiger partial charge in [0.25, 0.3) is 5.56 Å². The maximum absolute atomic E-state index is 12.6. The lowest BCUT2D eigenvalue weighted by atomic mass is 10.1. The quantitative estimate of drug-likeness (QED) is 0.857. The van der Waals surface area contributed by atoms with Crippen LogP contribution in [0.4, 0.5) is 10.6 Å². The summed E-state index contributed by atoms with van der Waals surface area (Å²) < 4.78 is 7.31. The number of likely N-dealkylation sites (N-methyl/N-ethyl adjacent to an activating group) is 1. The highest BCUT2D eigenvalue weighted by molar-refractivity contribution is 5.74. The first-order valence-corrected chi connectivity index (χ1v) is 9.35. The Kier molecular flexibility index (Phi) is 5.80. The number of aryl methyl sites for hydroxylation is 1. The highest BCUT2D eigenvalue weighted by atomic mass is 16.5. The zero-order valence-corrected chi connectivity index (χ0v) is 15.9. The van der Waals surface area contributed by atoms with Crippen molar-refractivity contribution in [3.63, 3.8) is 0 Å². The molecule has 1 saturated heterocycles. The molecule has 1 aliphatic carbocycles. The topological polar surface area (TPSA) is 79.7 Å². The first-order chi connectivity index (χ1) is 12.5. The van der Waals surface area contributed by atoms with Crippen LogP contribution in [-0.2, 0) is 11.8 Å². The van der Waals surface area contributed by atoms with E-state index in [-0.39, 0.29) is 23.7 Å². The molecule has 0 bridgehead atoms. The molecule has 8 nitrogen and oxygen atoms in total. The number of morpholine rings is 1. The fourth-order valence-electron chi connectivity index (χ4n) is 3.76. The van der Waals surface area contributed by atoms with Crippen molar-refractivity contribution in [3.8, 4) is 0 Å². The molecule has 3 rings (SSSR count). The lowest BCUT2D eigenvalue weighted by Gasteiger charge is -2.35. The molecule has 26 heavy (non-hydrogen) atoms. The Bertz CT molecular complexity index is 692. The fourth-order valence-corrected chi connectivity index (χ4v) is 3.76. The Hall–Kier alpha value is -2.09. The van der Waals surface area contributed by atoms with Crippen LogP contribution in [0.15, 0.2) is 17.2 Å². The Morgan fingerprint density at radius 1 is 1.46 bits per heavy atom. The van der Waals surface area contributed by atoms with Gasteiger partial charge in [0.2, 0.25) is 0 Å². The molecule has 0 unspecified atom stereocenters. The summed E-state index contributed by atoms with van der Waals surface area (Å²) in [5, 5.41) is 3.17. The van der Waals surface area contributed by atoms with Gasteiger partial charge in [0.15, 0.2) is 5.82 Å². The zero-order chi connectivity index (χ0) is 18.7. The number of urea groups is 1. The van der Waals surface area contributed by atoms with Gasteiger partial charge in [0.1, 0.15) is 0 Å². The minimum absolute atomic E-state index is 0.00606. The number of ether oxygens (including phenoxy) is 1. The van der Waals surface area contributed by atoms with Crippen LogP contribution >= 0.6 is 0 Å². The molecule has 1 aromatic rings. The van der Waals surface area contributed by atoms with Gasteiger partial charge in [-0.25, -0.2) is 9.78 Å². The number of carbonyl (C=O) groups is 1. The number of anilines is 1. The number of amides is 2. The highest BCUT2D eigenvalue weighted by Gasteiger charge is 2.30. The molecular formula is C18H29N5O3. The van der Waals surface area contributed by atoms with Crippen molar-refractivity contribution in [1.29, 1.82) is 0 Å². The van der Waals surface area contributed by atoms with Gasteiger partial charge in [0, 0.05) is 45.6 Å². The van der Waals surface area contributed by atoms with Gasteiger partial charge in [-0.2, -0.15) is 0 Å². The predicted molar refractivity (Wildman–Crippen MR) is 99.4 cm³/mol. The second kappa shape index (κ2) is 8.07. The second-order valence-corrected chi connectivity index (χ2v) is 7.45. The largest absolute Gasteiger partial charge is 0.373 e. The van der Waals surface area contributed by atoms with Gasteiger partial charge >= 0.3 is 6.03 Å². The molecule has 1 N–H and O–H groups in total. The Labute approximate surface area is 154 Å². The maximum Gasteiger partial charge on any atom is 0.317 e.